The Bertz CT molecular complexity index is 443. The summed E-state index contributed by atoms with van der Waals surface area (Å²) in [5.74, 6) is -0.0847. The molecule has 1 unspecified atom stereocenters. The quantitative estimate of drug-likeness (QED) is 0.643. The normalized spacial score (nSPS) is 12.0. The highest BCUT2D eigenvalue weighted by molar-refractivity contribution is 5.95. The molecule has 1 aromatic rings. The number of carbonyl (C=O) groups excluding carboxylic acids is 1. The summed E-state index contributed by atoms with van der Waals surface area (Å²) in [4.78, 5) is 13.4. The molecule has 6 heteroatoms. The van der Waals surface area contributed by atoms with Gasteiger partial charge in [0.2, 0.25) is 0 Å². The van der Waals surface area contributed by atoms with Crippen LogP contribution >= 0.6 is 0 Å². The summed E-state index contributed by atoms with van der Waals surface area (Å²) in [6.45, 7) is 0.503. The van der Waals surface area contributed by atoms with Crippen LogP contribution in [0.1, 0.15) is 16.8 Å². The number of nitrogens with one attached hydrogen (secondary N) is 1. The van der Waals surface area contributed by atoms with Crippen LogP contribution in [0.4, 0.5) is 11.4 Å². The molecule has 1 rings (SSSR count). The average molecular weight is 281 g/mol. The van der Waals surface area contributed by atoms with Crippen LogP contribution in [0.5, 0.6) is 0 Å². The number of nitrogen functional groups attached to an aromatic ring is 1. The lowest BCUT2D eigenvalue weighted by Crippen LogP contribution is -2.27. The Morgan fingerprint density at radius 2 is 2.20 bits per heavy atom. The SMILES string of the molecule is COCC(CCO)Nc1cc(C(=O)N(C)C)ccc1N. The third-order valence-electron chi connectivity index (χ3n) is 2.91. The van der Waals surface area contributed by atoms with Gasteiger partial charge in [-0.1, -0.05) is 0 Å². The van der Waals surface area contributed by atoms with Crippen LogP contribution in [-0.2, 0) is 4.74 Å². The Kier molecular flexibility index (Phi) is 6.27. The highest BCUT2D eigenvalue weighted by Crippen LogP contribution is 2.22. The molecular weight excluding hydrogens is 258 g/mol. The number of carbonyl (C=O) groups is 1. The molecule has 0 bridgehead atoms. The molecule has 0 aromatic heterocycles. The summed E-state index contributed by atoms with van der Waals surface area (Å²) in [5, 5.41) is 12.2. The summed E-state index contributed by atoms with van der Waals surface area (Å²) >= 11 is 0. The summed E-state index contributed by atoms with van der Waals surface area (Å²) in [7, 11) is 5.00. The van der Waals surface area contributed by atoms with Crippen LogP contribution in [0.15, 0.2) is 18.2 Å². The molecule has 0 saturated heterocycles. The molecule has 0 aliphatic heterocycles. The summed E-state index contributed by atoms with van der Waals surface area (Å²) in [6, 6.07) is 5.05. The van der Waals surface area contributed by atoms with Gasteiger partial charge >= 0.3 is 0 Å². The van der Waals surface area contributed by atoms with E-state index in [9.17, 15) is 4.79 Å². The second-order valence-electron chi connectivity index (χ2n) is 4.81. The topological polar surface area (TPSA) is 87.8 Å². The van der Waals surface area contributed by atoms with Crippen molar-refractivity contribution in [2.24, 2.45) is 0 Å². The fraction of sp³-hybridized carbons (Fsp3) is 0.500. The molecule has 0 spiro atoms. The highest BCUT2D eigenvalue weighted by Gasteiger charge is 2.13. The standard InChI is InChI=1S/C14H23N3O3/c1-17(2)14(19)10-4-5-12(15)13(8-10)16-11(6-7-18)9-20-3/h4-5,8,11,16,18H,6-7,9,15H2,1-3H3. The van der Waals surface area contributed by atoms with Crippen molar-refractivity contribution >= 4 is 17.3 Å². The number of anilines is 2. The van der Waals surface area contributed by atoms with Crippen molar-refractivity contribution in [2.75, 3.05) is 45.5 Å². The maximum atomic E-state index is 11.9. The zero-order valence-electron chi connectivity index (χ0n) is 12.2. The van der Waals surface area contributed by atoms with Crippen LogP contribution in [0.25, 0.3) is 0 Å². The summed E-state index contributed by atoms with van der Waals surface area (Å²) in [5.41, 5.74) is 7.71. The number of nitrogens with two attached hydrogens (primary N) is 1. The fourth-order valence-corrected chi connectivity index (χ4v) is 1.85. The highest BCUT2D eigenvalue weighted by atomic mass is 16.5. The number of aliphatic hydroxyl groups is 1. The lowest BCUT2D eigenvalue weighted by Gasteiger charge is -2.20. The molecule has 1 aromatic carbocycles. The minimum Gasteiger partial charge on any atom is -0.397 e. The van der Waals surface area contributed by atoms with Gasteiger partial charge in [0.05, 0.1) is 24.0 Å². The smallest absolute Gasteiger partial charge is 0.253 e. The first-order chi connectivity index (χ1) is 9.49. The van der Waals surface area contributed by atoms with Gasteiger partial charge < -0.3 is 25.8 Å². The van der Waals surface area contributed by atoms with Gasteiger partial charge in [-0.15, -0.1) is 0 Å². The van der Waals surface area contributed by atoms with E-state index in [1.165, 1.54) is 4.90 Å². The molecule has 0 aliphatic carbocycles. The Balaban J connectivity index is 2.92. The van der Waals surface area contributed by atoms with E-state index in [4.69, 9.17) is 15.6 Å². The van der Waals surface area contributed by atoms with Crippen molar-refractivity contribution in [3.8, 4) is 0 Å². The Hall–Kier alpha value is -1.79. The van der Waals surface area contributed by atoms with Crippen LogP contribution in [-0.4, -0.2) is 56.4 Å². The predicted molar refractivity (Wildman–Crippen MR) is 79.9 cm³/mol. The number of methoxy groups -OCH3 is 1. The number of hydrogen-bond donors (Lipinski definition) is 3. The van der Waals surface area contributed by atoms with E-state index in [1.54, 1.807) is 39.4 Å². The summed E-state index contributed by atoms with van der Waals surface area (Å²) in [6.07, 6.45) is 0.541. The number of hydrogen-bond acceptors (Lipinski definition) is 5. The van der Waals surface area contributed by atoms with Gasteiger partial charge in [-0.05, 0) is 24.6 Å². The number of rotatable bonds is 7. The van der Waals surface area contributed by atoms with Gasteiger partial charge in [0, 0.05) is 33.4 Å². The molecule has 0 aliphatic rings. The largest absolute Gasteiger partial charge is 0.397 e. The number of ether oxygens (including phenoxy) is 1. The Morgan fingerprint density at radius 1 is 1.50 bits per heavy atom. The molecule has 1 amide bonds. The van der Waals surface area contributed by atoms with Crippen molar-refractivity contribution in [1.29, 1.82) is 0 Å². The van der Waals surface area contributed by atoms with E-state index in [2.05, 4.69) is 5.32 Å². The molecule has 1 atom stereocenters. The zero-order chi connectivity index (χ0) is 15.1. The first-order valence-electron chi connectivity index (χ1n) is 6.47. The van der Waals surface area contributed by atoms with Gasteiger partial charge in [0.25, 0.3) is 5.91 Å². The molecule has 0 fully saturated rings. The lowest BCUT2D eigenvalue weighted by atomic mass is 10.1. The summed E-state index contributed by atoms with van der Waals surface area (Å²) < 4.78 is 5.09. The minimum atomic E-state index is -0.0847. The predicted octanol–water partition coefficient (Wildman–Crippen LogP) is 0.780. The minimum absolute atomic E-state index is 0.0528. The van der Waals surface area contributed by atoms with Crippen LogP contribution in [0.3, 0.4) is 0 Å². The van der Waals surface area contributed by atoms with E-state index in [1.807, 2.05) is 0 Å². The number of amides is 1. The molecule has 0 radical (unpaired) electrons. The number of benzene rings is 1. The number of nitrogens with zero attached hydrogens (tertiary/aromatic N) is 1. The molecule has 20 heavy (non-hydrogen) atoms. The first-order valence-corrected chi connectivity index (χ1v) is 6.47. The van der Waals surface area contributed by atoms with Crippen molar-refractivity contribution in [2.45, 2.75) is 12.5 Å². The van der Waals surface area contributed by atoms with Crippen molar-refractivity contribution in [3.05, 3.63) is 23.8 Å². The van der Waals surface area contributed by atoms with Crippen LogP contribution in [0.2, 0.25) is 0 Å². The molecule has 6 nitrogen and oxygen atoms in total. The van der Waals surface area contributed by atoms with Gasteiger partial charge in [0.1, 0.15) is 0 Å². The molecular formula is C14H23N3O3. The Labute approximate surface area is 119 Å². The van der Waals surface area contributed by atoms with E-state index < -0.39 is 0 Å². The van der Waals surface area contributed by atoms with Crippen LogP contribution in [0, 0.1) is 0 Å². The third kappa shape index (κ3) is 4.40. The van der Waals surface area contributed by atoms with Crippen molar-refractivity contribution < 1.29 is 14.6 Å². The Morgan fingerprint density at radius 3 is 2.75 bits per heavy atom. The molecule has 0 saturated carbocycles. The van der Waals surface area contributed by atoms with E-state index in [-0.39, 0.29) is 18.6 Å². The van der Waals surface area contributed by atoms with Gasteiger partial charge in [0.15, 0.2) is 0 Å². The molecule has 112 valence electrons. The van der Waals surface area contributed by atoms with Gasteiger partial charge in [-0.2, -0.15) is 0 Å². The van der Waals surface area contributed by atoms with Gasteiger partial charge in [-0.3, -0.25) is 4.79 Å². The molecule has 4 N–H and O–H groups in total. The molecule has 0 heterocycles. The second-order valence-corrected chi connectivity index (χ2v) is 4.81. The van der Waals surface area contributed by atoms with E-state index in [0.29, 0.717) is 30.0 Å². The third-order valence-corrected chi connectivity index (χ3v) is 2.91. The zero-order valence-corrected chi connectivity index (χ0v) is 12.2. The fourth-order valence-electron chi connectivity index (χ4n) is 1.85. The maximum absolute atomic E-state index is 11.9. The van der Waals surface area contributed by atoms with Crippen molar-refractivity contribution in [1.82, 2.24) is 4.90 Å². The average Bonchev–Trinajstić information content (AvgIpc) is 2.41. The number of aliphatic hydroxyl groups excluding tert-OH is 1. The monoisotopic (exact) mass is 281 g/mol. The van der Waals surface area contributed by atoms with Gasteiger partial charge in [-0.25, -0.2) is 0 Å². The van der Waals surface area contributed by atoms with E-state index >= 15 is 0 Å². The second kappa shape index (κ2) is 7.72. The van der Waals surface area contributed by atoms with Crippen LogP contribution < -0.4 is 11.1 Å². The lowest BCUT2D eigenvalue weighted by molar-refractivity contribution is 0.0827. The first kappa shape index (κ1) is 16.3. The van der Waals surface area contributed by atoms with E-state index in [0.717, 1.165) is 0 Å². The van der Waals surface area contributed by atoms with Crippen molar-refractivity contribution in [3.63, 3.8) is 0 Å². The maximum Gasteiger partial charge on any atom is 0.253 e.